The highest BCUT2D eigenvalue weighted by molar-refractivity contribution is 5.81. The van der Waals surface area contributed by atoms with Crippen molar-refractivity contribution in [1.29, 1.82) is 5.26 Å². The van der Waals surface area contributed by atoms with Gasteiger partial charge in [-0.05, 0) is 64.4 Å². The van der Waals surface area contributed by atoms with E-state index in [1.807, 2.05) is 12.1 Å². The number of unbranched alkanes of at least 4 members (excludes halogenated alkanes) is 1. The highest BCUT2D eigenvalue weighted by Crippen LogP contribution is 2.39. The second-order valence-corrected chi connectivity index (χ2v) is 12.5. The first-order valence-corrected chi connectivity index (χ1v) is 15.9. The minimum Gasteiger partial charge on any atom is -0.476 e. The fourth-order valence-corrected chi connectivity index (χ4v) is 6.64. The molecule has 3 aliphatic heterocycles. The third-order valence-electron chi connectivity index (χ3n) is 9.67. The summed E-state index contributed by atoms with van der Waals surface area (Å²) in [6.07, 6.45) is 5.62. The van der Waals surface area contributed by atoms with Crippen LogP contribution in [0.2, 0.25) is 0 Å². The van der Waals surface area contributed by atoms with E-state index in [0.717, 1.165) is 68.8 Å². The predicted octanol–water partition coefficient (Wildman–Crippen LogP) is 4.15. The zero-order valence-corrected chi connectivity index (χ0v) is 26.4. The number of nitrogens with two attached hydrogens (primary N) is 1. The Bertz CT molecular complexity index is 1530. The van der Waals surface area contributed by atoms with Crippen LogP contribution < -0.4 is 15.4 Å². The number of likely N-dealkylation sites (N-methyl/N-ethyl adjacent to an activating group) is 2. The number of piperazine rings is 1. The van der Waals surface area contributed by atoms with Crippen LogP contribution >= 0.6 is 0 Å². The van der Waals surface area contributed by atoms with Crippen LogP contribution in [0, 0.1) is 11.3 Å². The number of nitrogen functional groups attached to an aromatic ring is 1. The normalized spacial score (nSPS) is 20.2. The lowest BCUT2D eigenvalue weighted by molar-refractivity contribution is -0.134. The SMILES string of the molecule is CCCCc1c(-c2nc(OCC3CCCN3C)cc(N3CCN(C)C4(COC4)C3)n2)noc1-c1c(CC)ccc(N)c1C#N. The third kappa shape index (κ3) is 5.62. The lowest BCUT2D eigenvalue weighted by Crippen LogP contribution is -2.70. The van der Waals surface area contributed by atoms with Gasteiger partial charge in [0.2, 0.25) is 5.88 Å². The molecule has 0 bridgehead atoms. The van der Waals surface area contributed by atoms with E-state index >= 15 is 0 Å². The Hall–Kier alpha value is -3.72. The molecule has 1 atom stereocenters. The summed E-state index contributed by atoms with van der Waals surface area (Å²) in [6.45, 7) is 9.84. The first-order chi connectivity index (χ1) is 21.4. The number of aryl methyl sites for hydroxylation is 1. The molecule has 0 amide bonds. The number of rotatable bonds is 10. The van der Waals surface area contributed by atoms with Gasteiger partial charge in [0.15, 0.2) is 17.3 Å². The molecule has 5 heterocycles. The smallest absolute Gasteiger partial charge is 0.219 e. The summed E-state index contributed by atoms with van der Waals surface area (Å²) in [6, 6.07) is 8.39. The van der Waals surface area contributed by atoms with Crippen molar-refractivity contribution in [3.63, 3.8) is 0 Å². The Labute approximate surface area is 259 Å². The van der Waals surface area contributed by atoms with Crippen molar-refractivity contribution < 1.29 is 14.0 Å². The van der Waals surface area contributed by atoms with Crippen LogP contribution in [0.5, 0.6) is 5.88 Å². The van der Waals surface area contributed by atoms with Crippen molar-refractivity contribution in [2.75, 3.05) is 70.7 Å². The van der Waals surface area contributed by atoms with E-state index in [-0.39, 0.29) is 5.54 Å². The molecule has 3 saturated heterocycles. The number of benzene rings is 1. The van der Waals surface area contributed by atoms with Crippen LogP contribution in [0.15, 0.2) is 22.7 Å². The number of hydrogen-bond donors (Lipinski definition) is 1. The topological polar surface area (TPSA) is 130 Å². The maximum absolute atomic E-state index is 10.1. The maximum atomic E-state index is 10.1. The number of hydrogen-bond acceptors (Lipinski definition) is 11. The summed E-state index contributed by atoms with van der Waals surface area (Å²) in [5, 5.41) is 14.7. The number of nitriles is 1. The molecule has 2 aromatic heterocycles. The van der Waals surface area contributed by atoms with E-state index in [0.29, 0.717) is 72.3 Å². The van der Waals surface area contributed by atoms with Crippen molar-refractivity contribution in [2.24, 2.45) is 0 Å². The van der Waals surface area contributed by atoms with Crippen LogP contribution in [-0.4, -0.2) is 96.6 Å². The molecule has 6 rings (SSSR count). The van der Waals surface area contributed by atoms with Gasteiger partial charge in [-0.3, -0.25) is 4.90 Å². The molecule has 1 spiro atoms. The maximum Gasteiger partial charge on any atom is 0.219 e. The van der Waals surface area contributed by atoms with Crippen LogP contribution in [0.25, 0.3) is 22.8 Å². The second kappa shape index (κ2) is 12.7. The largest absolute Gasteiger partial charge is 0.476 e. The van der Waals surface area contributed by atoms with Gasteiger partial charge in [-0.15, -0.1) is 0 Å². The summed E-state index contributed by atoms with van der Waals surface area (Å²) in [5.41, 5.74) is 10.3. The standard InChI is InChI=1S/C33H44N8O3/c1-5-7-10-24-30(38-44-31(24)29-22(6-2)11-12-26(35)25(29)17-34)32-36-27(41-15-14-40(4)33(19-41)20-42-21-33)16-28(37-32)43-18-23-9-8-13-39(23)3/h11-12,16,23H,5-10,13-15,18-21,35H2,1-4H3. The van der Waals surface area contributed by atoms with Gasteiger partial charge in [-0.25, -0.2) is 4.98 Å². The summed E-state index contributed by atoms with van der Waals surface area (Å²) < 4.78 is 18.2. The van der Waals surface area contributed by atoms with Crippen molar-refractivity contribution in [2.45, 2.75) is 64.0 Å². The molecule has 1 unspecified atom stereocenters. The van der Waals surface area contributed by atoms with E-state index in [1.54, 1.807) is 6.07 Å². The van der Waals surface area contributed by atoms with Crippen LogP contribution in [0.4, 0.5) is 11.5 Å². The molecule has 234 valence electrons. The molecule has 2 N–H and O–H groups in total. The fourth-order valence-electron chi connectivity index (χ4n) is 6.64. The lowest BCUT2D eigenvalue weighted by atomic mass is 9.92. The van der Waals surface area contributed by atoms with Crippen molar-refractivity contribution >= 4 is 11.5 Å². The third-order valence-corrected chi connectivity index (χ3v) is 9.67. The van der Waals surface area contributed by atoms with Crippen LogP contribution in [-0.2, 0) is 17.6 Å². The molecule has 3 aliphatic rings. The average molecular weight is 601 g/mol. The number of anilines is 2. The first-order valence-electron chi connectivity index (χ1n) is 15.9. The van der Waals surface area contributed by atoms with Crippen molar-refractivity contribution in [1.82, 2.24) is 24.9 Å². The van der Waals surface area contributed by atoms with Gasteiger partial charge < -0.3 is 29.5 Å². The monoisotopic (exact) mass is 600 g/mol. The fraction of sp³-hybridized carbons (Fsp3) is 0.576. The van der Waals surface area contributed by atoms with E-state index in [4.69, 9.17) is 29.7 Å². The van der Waals surface area contributed by atoms with Crippen LogP contribution in [0.1, 0.15) is 56.2 Å². The highest BCUT2D eigenvalue weighted by Gasteiger charge is 2.46. The van der Waals surface area contributed by atoms with Gasteiger partial charge in [-0.2, -0.15) is 10.2 Å². The van der Waals surface area contributed by atoms with Crippen LogP contribution in [0.3, 0.4) is 0 Å². The molecule has 3 fully saturated rings. The number of likely N-dealkylation sites (tertiary alicyclic amines) is 1. The number of ether oxygens (including phenoxy) is 2. The zero-order chi connectivity index (χ0) is 30.8. The molecule has 0 saturated carbocycles. The zero-order valence-electron chi connectivity index (χ0n) is 26.4. The lowest BCUT2D eigenvalue weighted by Gasteiger charge is -2.54. The van der Waals surface area contributed by atoms with Gasteiger partial charge in [-0.1, -0.05) is 31.5 Å². The van der Waals surface area contributed by atoms with Crippen molar-refractivity contribution in [3.05, 3.63) is 34.9 Å². The van der Waals surface area contributed by atoms with E-state index in [9.17, 15) is 5.26 Å². The van der Waals surface area contributed by atoms with Crippen molar-refractivity contribution in [3.8, 4) is 34.8 Å². The first kappa shape index (κ1) is 30.3. The van der Waals surface area contributed by atoms with Gasteiger partial charge in [0.25, 0.3) is 0 Å². The van der Waals surface area contributed by atoms with E-state index in [2.05, 4.69) is 53.9 Å². The number of nitrogens with zero attached hydrogens (tertiary/aromatic N) is 7. The number of aromatic nitrogens is 3. The summed E-state index contributed by atoms with van der Waals surface area (Å²) in [5.74, 6) is 2.39. The Morgan fingerprint density at radius 3 is 2.68 bits per heavy atom. The Morgan fingerprint density at radius 2 is 2.00 bits per heavy atom. The average Bonchev–Trinajstić information content (AvgIpc) is 3.63. The Morgan fingerprint density at radius 1 is 1.16 bits per heavy atom. The molecule has 11 heteroatoms. The summed E-state index contributed by atoms with van der Waals surface area (Å²) in [7, 11) is 4.32. The highest BCUT2D eigenvalue weighted by atomic mass is 16.5. The van der Waals surface area contributed by atoms with Gasteiger partial charge in [0.1, 0.15) is 18.5 Å². The summed E-state index contributed by atoms with van der Waals surface area (Å²) >= 11 is 0. The van der Waals surface area contributed by atoms with E-state index < -0.39 is 0 Å². The molecule has 1 aromatic carbocycles. The Balaban J connectivity index is 1.44. The molecule has 44 heavy (non-hydrogen) atoms. The predicted molar refractivity (Wildman–Crippen MR) is 170 cm³/mol. The van der Waals surface area contributed by atoms with E-state index in [1.165, 1.54) is 6.42 Å². The van der Waals surface area contributed by atoms with Gasteiger partial charge in [0.05, 0.1) is 30.0 Å². The molecule has 0 radical (unpaired) electrons. The molecule has 0 aliphatic carbocycles. The second-order valence-electron chi connectivity index (χ2n) is 12.5. The minimum atomic E-state index is -0.0121. The molecular formula is C33H44N8O3. The molecular weight excluding hydrogens is 556 g/mol. The molecule has 3 aromatic rings. The molecule has 11 nitrogen and oxygen atoms in total. The quantitative estimate of drug-likeness (QED) is 0.337. The minimum absolute atomic E-state index is 0.0121. The van der Waals surface area contributed by atoms with Gasteiger partial charge >= 0.3 is 0 Å². The summed E-state index contributed by atoms with van der Waals surface area (Å²) in [4.78, 5) is 17.1. The Kier molecular flexibility index (Phi) is 8.76. The van der Waals surface area contributed by atoms with Gasteiger partial charge in [0, 0.05) is 42.9 Å².